The molecule has 6 heteroatoms. The van der Waals surface area contributed by atoms with Crippen LogP contribution in [-0.4, -0.2) is 37.6 Å². The molecule has 144 valence electrons. The molecule has 0 N–H and O–H groups in total. The number of amides is 1. The van der Waals surface area contributed by atoms with Crippen molar-refractivity contribution in [3.05, 3.63) is 65.7 Å². The van der Waals surface area contributed by atoms with Crippen LogP contribution in [0.1, 0.15) is 42.6 Å². The molecule has 0 radical (unpaired) electrons. The highest BCUT2D eigenvalue weighted by atomic mass is 32.2. The van der Waals surface area contributed by atoms with Crippen molar-refractivity contribution in [1.82, 2.24) is 4.90 Å². The summed E-state index contributed by atoms with van der Waals surface area (Å²) in [7, 11) is -3.24. The normalized spacial score (nSPS) is 16.3. The van der Waals surface area contributed by atoms with Gasteiger partial charge in [0.25, 0.3) is 5.91 Å². The summed E-state index contributed by atoms with van der Waals surface area (Å²) < 4.78 is 26.0. The van der Waals surface area contributed by atoms with E-state index in [0.29, 0.717) is 30.8 Å². The Morgan fingerprint density at radius 1 is 1.04 bits per heavy atom. The van der Waals surface area contributed by atoms with E-state index in [2.05, 4.69) is 0 Å². The molecule has 0 spiro atoms. The maximum absolute atomic E-state index is 13.0. The van der Waals surface area contributed by atoms with Crippen LogP contribution >= 0.6 is 0 Å². The van der Waals surface area contributed by atoms with Gasteiger partial charge in [-0.2, -0.15) is 0 Å². The maximum atomic E-state index is 13.0. The standard InChI is InChI=1S/C21H26N2O3S/c1-17(2)22(16-18-8-4-3-5-9-18)21(24)19-10-12-20(13-11-19)23-14-6-7-15-27(23,25)26/h3-5,8-13,17H,6-7,14-16H2,1-2H3. The third-order valence-corrected chi connectivity index (χ3v) is 6.70. The van der Waals surface area contributed by atoms with Crippen LogP contribution in [0.2, 0.25) is 0 Å². The molecule has 0 saturated carbocycles. The van der Waals surface area contributed by atoms with E-state index in [0.717, 1.165) is 12.0 Å². The Bertz CT molecular complexity index is 877. The van der Waals surface area contributed by atoms with E-state index in [9.17, 15) is 13.2 Å². The van der Waals surface area contributed by atoms with Gasteiger partial charge < -0.3 is 4.90 Å². The summed E-state index contributed by atoms with van der Waals surface area (Å²) >= 11 is 0. The molecule has 0 aromatic heterocycles. The fraction of sp³-hybridized carbons (Fsp3) is 0.381. The lowest BCUT2D eigenvalue weighted by Gasteiger charge is -2.29. The second kappa shape index (κ2) is 8.13. The first-order valence-electron chi connectivity index (χ1n) is 9.34. The highest BCUT2D eigenvalue weighted by molar-refractivity contribution is 7.92. The highest BCUT2D eigenvalue weighted by Crippen LogP contribution is 2.24. The lowest BCUT2D eigenvalue weighted by atomic mass is 10.1. The van der Waals surface area contributed by atoms with E-state index in [4.69, 9.17) is 0 Å². The van der Waals surface area contributed by atoms with Crippen LogP contribution in [0.3, 0.4) is 0 Å². The predicted molar refractivity (Wildman–Crippen MR) is 108 cm³/mol. The van der Waals surface area contributed by atoms with Gasteiger partial charge in [0, 0.05) is 24.7 Å². The molecule has 0 bridgehead atoms. The maximum Gasteiger partial charge on any atom is 0.254 e. The van der Waals surface area contributed by atoms with Gasteiger partial charge in [-0.05, 0) is 56.5 Å². The molecule has 2 aromatic carbocycles. The third-order valence-electron chi connectivity index (χ3n) is 4.83. The van der Waals surface area contributed by atoms with Gasteiger partial charge in [0.15, 0.2) is 0 Å². The van der Waals surface area contributed by atoms with Crippen molar-refractivity contribution in [2.45, 2.75) is 39.3 Å². The van der Waals surface area contributed by atoms with Gasteiger partial charge in [0.2, 0.25) is 10.0 Å². The Hall–Kier alpha value is -2.34. The third kappa shape index (κ3) is 4.50. The van der Waals surface area contributed by atoms with Crippen LogP contribution in [0.4, 0.5) is 5.69 Å². The molecule has 1 amide bonds. The molecule has 3 rings (SSSR count). The molecule has 0 unspecified atom stereocenters. The predicted octanol–water partition coefficient (Wildman–Crippen LogP) is 3.67. The molecular weight excluding hydrogens is 360 g/mol. The summed E-state index contributed by atoms with van der Waals surface area (Å²) in [6.07, 6.45) is 1.57. The smallest absolute Gasteiger partial charge is 0.254 e. The minimum Gasteiger partial charge on any atom is -0.332 e. The number of rotatable bonds is 5. The topological polar surface area (TPSA) is 57.7 Å². The molecule has 1 aliphatic rings. The Labute approximate surface area is 161 Å². The van der Waals surface area contributed by atoms with Crippen molar-refractivity contribution < 1.29 is 13.2 Å². The minimum absolute atomic E-state index is 0.0538. The Morgan fingerprint density at radius 3 is 2.30 bits per heavy atom. The molecule has 2 aromatic rings. The molecule has 1 heterocycles. The zero-order valence-electron chi connectivity index (χ0n) is 15.8. The van der Waals surface area contributed by atoms with Gasteiger partial charge in [-0.15, -0.1) is 0 Å². The van der Waals surface area contributed by atoms with Gasteiger partial charge in [-0.25, -0.2) is 8.42 Å². The molecule has 1 fully saturated rings. The van der Waals surface area contributed by atoms with E-state index in [-0.39, 0.29) is 17.7 Å². The van der Waals surface area contributed by atoms with Crippen LogP contribution in [0.25, 0.3) is 0 Å². The summed E-state index contributed by atoms with van der Waals surface area (Å²) in [4.78, 5) is 14.8. The number of sulfonamides is 1. The molecule has 1 aliphatic heterocycles. The van der Waals surface area contributed by atoms with Crippen LogP contribution in [-0.2, 0) is 16.6 Å². The van der Waals surface area contributed by atoms with Crippen molar-refractivity contribution in [2.75, 3.05) is 16.6 Å². The van der Waals surface area contributed by atoms with Gasteiger partial charge in [-0.1, -0.05) is 30.3 Å². The summed E-state index contributed by atoms with van der Waals surface area (Å²) in [6.45, 7) is 5.03. The largest absolute Gasteiger partial charge is 0.332 e. The fourth-order valence-corrected chi connectivity index (χ4v) is 4.92. The van der Waals surface area contributed by atoms with Gasteiger partial charge in [0.05, 0.1) is 11.4 Å². The highest BCUT2D eigenvalue weighted by Gasteiger charge is 2.26. The zero-order valence-corrected chi connectivity index (χ0v) is 16.7. The molecule has 5 nitrogen and oxygen atoms in total. The Balaban J connectivity index is 1.79. The number of hydrogen-bond donors (Lipinski definition) is 0. The molecule has 0 atom stereocenters. The number of carbonyl (C=O) groups is 1. The fourth-order valence-electron chi connectivity index (χ4n) is 3.28. The van der Waals surface area contributed by atoms with Crippen molar-refractivity contribution in [3.8, 4) is 0 Å². The van der Waals surface area contributed by atoms with E-state index in [1.54, 1.807) is 24.3 Å². The van der Waals surface area contributed by atoms with E-state index in [1.165, 1.54) is 4.31 Å². The molecular formula is C21H26N2O3S. The summed E-state index contributed by atoms with van der Waals surface area (Å²) in [5.74, 6) is 0.133. The van der Waals surface area contributed by atoms with Gasteiger partial charge >= 0.3 is 0 Å². The summed E-state index contributed by atoms with van der Waals surface area (Å²) in [5.41, 5.74) is 2.28. The van der Waals surface area contributed by atoms with Crippen molar-refractivity contribution in [2.24, 2.45) is 0 Å². The monoisotopic (exact) mass is 386 g/mol. The lowest BCUT2D eigenvalue weighted by Crippen LogP contribution is -2.38. The second-order valence-corrected chi connectivity index (χ2v) is 9.17. The number of nitrogens with zero attached hydrogens (tertiary/aromatic N) is 2. The van der Waals surface area contributed by atoms with Crippen molar-refractivity contribution in [3.63, 3.8) is 0 Å². The quantitative estimate of drug-likeness (QED) is 0.788. The average molecular weight is 387 g/mol. The minimum atomic E-state index is -3.24. The number of hydrogen-bond acceptors (Lipinski definition) is 3. The van der Waals surface area contributed by atoms with Crippen LogP contribution < -0.4 is 4.31 Å². The first-order chi connectivity index (χ1) is 12.9. The Kier molecular flexibility index (Phi) is 5.85. The van der Waals surface area contributed by atoms with Crippen molar-refractivity contribution in [1.29, 1.82) is 0 Å². The lowest BCUT2D eigenvalue weighted by molar-refractivity contribution is 0.0690. The van der Waals surface area contributed by atoms with Crippen molar-refractivity contribution >= 4 is 21.6 Å². The molecule has 27 heavy (non-hydrogen) atoms. The van der Waals surface area contributed by atoms with E-state index < -0.39 is 10.0 Å². The SMILES string of the molecule is CC(C)N(Cc1ccccc1)C(=O)c1ccc(N2CCCCS2(=O)=O)cc1. The number of carbonyl (C=O) groups excluding carboxylic acids is 1. The second-order valence-electron chi connectivity index (χ2n) is 7.15. The van der Waals surface area contributed by atoms with Crippen LogP contribution in [0, 0.1) is 0 Å². The first-order valence-corrected chi connectivity index (χ1v) is 10.9. The first kappa shape index (κ1) is 19.4. The summed E-state index contributed by atoms with van der Waals surface area (Å²) in [6, 6.07) is 16.9. The van der Waals surface area contributed by atoms with Crippen LogP contribution in [0.15, 0.2) is 54.6 Å². The van der Waals surface area contributed by atoms with E-state index >= 15 is 0 Å². The molecule has 1 saturated heterocycles. The van der Waals surface area contributed by atoms with Crippen LogP contribution in [0.5, 0.6) is 0 Å². The van der Waals surface area contributed by atoms with Gasteiger partial charge in [-0.3, -0.25) is 9.10 Å². The average Bonchev–Trinajstić information content (AvgIpc) is 2.66. The zero-order chi connectivity index (χ0) is 19.4. The summed E-state index contributed by atoms with van der Waals surface area (Å²) in [5, 5.41) is 0. The Morgan fingerprint density at radius 2 is 1.70 bits per heavy atom. The molecule has 0 aliphatic carbocycles. The van der Waals surface area contributed by atoms with E-state index in [1.807, 2.05) is 49.1 Å². The van der Waals surface area contributed by atoms with Gasteiger partial charge in [0.1, 0.15) is 0 Å². The number of anilines is 1. The number of benzene rings is 2.